The monoisotopic (exact) mass is 320 g/mol. The molecule has 0 spiro atoms. The fourth-order valence-corrected chi connectivity index (χ4v) is 2.25. The minimum absolute atomic E-state index is 0.138. The Morgan fingerprint density at radius 2 is 1.91 bits per heavy atom. The maximum atomic E-state index is 12.9. The van der Waals surface area contributed by atoms with Gasteiger partial charge < -0.3 is 10.6 Å². The van der Waals surface area contributed by atoms with E-state index in [-0.39, 0.29) is 30.3 Å². The smallest absolute Gasteiger partial charge is 0.329 e. The second-order valence-electron chi connectivity index (χ2n) is 5.02. The number of ketones is 1. The number of rotatable bonds is 5. The Hall–Kier alpha value is -2.90. The number of anilines is 2. The summed E-state index contributed by atoms with van der Waals surface area (Å²) in [7, 11) is 1.63. The third kappa shape index (κ3) is 3.31. The van der Waals surface area contributed by atoms with Crippen molar-refractivity contribution < 1.29 is 9.18 Å². The lowest BCUT2D eigenvalue weighted by molar-refractivity contribution is 0.0999. The molecule has 0 bridgehead atoms. The first-order valence-electron chi connectivity index (χ1n) is 6.97. The molecule has 8 heteroatoms. The standard InChI is InChI=1S/C15H17FN4O3/c1-3-20-13(17)12(14(22)18-15(20)23)11(21)8-19(2)10-6-4-9(16)5-7-10/h4-7H,3,8,17H2,1-2H3,(H,18,22,23). The quantitative estimate of drug-likeness (QED) is 0.786. The van der Waals surface area contributed by atoms with Gasteiger partial charge >= 0.3 is 5.69 Å². The predicted octanol–water partition coefficient (Wildman–Crippen LogP) is 0.597. The van der Waals surface area contributed by atoms with Crippen LogP contribution >= 0.6 is 0 Å². The molecule has 0 saturated heterocycles. The number of carbonyl (C=O) groups excluding carboxylic acids is 1. The molecule has 7 nitrogen and oxygen atoms in total. The molecule has 23 heavy (non-hydrogen) atoms. The van der Waals surface area contributed by atoms with Crippen LogP contribution in [0.15, 0.2) is 33.9 Å². The summed E-state index contributed by atoms with van der Waals surface area (Å²) >= 11 is 0. The first-order chi connectivity index (χ1) is 10.8. The van der Waals surface area contributed by atoms with Gasteiger partial charge in [-0.15, -0.1) is 0 Å². The van der Waals surface area contributed by atoms with Crippen LogP contribution in [0.4, 0.5) is 15.9 Å². The van der Waals surface area contributed by atoms with Gasteiger partial charge in [-0.3, -0.25) is 19.1 Å². The Labute approximate surface area is 131 Å². The molecule has 0 fully saturated rings. The molecule has 3 N–H and O–H groups in total. The topological polar surface area (TPSA) is 101 Å². The third-order valence-corrected chi connectivity index (χ3v) is 3.48. The summed E-state index contributed by atoms with van der Waals surface area (Å²) in [5.74, 6) is -1.07. The van der Waals surface area contributed by atoms with E-state index in [0.717, 1.165) is 4.57 Å². The van der Waals surface area contributed by atoms with E-state index in [1.807, 2.05) is 0 Å². The number of aromatic amines is 1. The second-order valence-corrected chi connectivity index (χ2v) is 5.02. The van der Waals surface area contributed by atoms with Crippen molar-refractivity contribution in [3.8, 4) is 0 Å². The van der Waals surface area contributed by atoms with Gasteiger partial charge in [0, 0.05) is 19.3 Å². The Morgan fingerprint density at radius 3 is 2.48 bits per heavy atom. The fraction of sp³-hybridized carbons (Fsp3) is 0.267. The van der Waals surface area contributed by atoms with Crippen LogP contribution in [0.5, 0.6) is 0 Å². The fourth-order valence-electron chi connectivity index (χ4n) is 2.25. The van der Waals surface area contributed by atoms with Crippen LogP contribution in [0.2, 0.25) is 0 Å². The maximum absolute atomic E-state index is 12.9. The van der Waals surface area contributed by atoms with E-state index in [4.69, 9.17) is 5.73 Å². The summed E-state index contributed by atoms with van der Waals surface area (Å²) < 4.78 is 14.0. The van der Waals surface area contributed by atoms with Crippen molar-refractivity contribution in [3.63, 3.8) is 0 Å². The number of hydrogen-bond donors (Lipinski definition) is 2. The zero-order valence-corrected chi connectivity index (χ0v) is 12.8. The van der Waals surface area contributed by atoms with Gasteiger partial charge in [-0.05, 0) is 31.2 Å². The van der Waals surface area contributed by atoms with Crippen molar-refractivity contribution in [3.05, 3.63) is 56.5 Å². The second kappa shape index (κ2) is 6.47. The van der Waals surface area contributed by atoms with Gasteiger partial charge in [0.05, 0.1) is 6.54 Å². The summed E-state index contributed by atoms with van der Waals surface area (Å²) in [5, 5.41) is 0. The maximum Gasteiger partial charge on any atom is 0.329 e. The number of benzene rings is 1. The van der Waals surface area contributed by atoms with Crippen molar-refractivity contribution >= 4 is 17.3 Å². The number of halogens is 1. The molecule has 1 aromatic carbocycles. The van der Waals surface area contributed by atoms with Crippen LogP contribution in [0.1, 0.15) is 17.3 Å². The average Bonchev–Trinajstić information content (AvgIpc) is 2.47. The largest absolute Gasteiger partial charge is 0.384 e. The van der Waals surface area contributed by atoms with Gasteiger partial charge in [0.1, 0.15) is 17.2 Å². The highest BCUT2D eigenvalue weighted by atomic mass is 19.1. The van der Waals surface area contributed by atoms with Crippen molar-refractivity contribution in [2.24, 2.45) is 0 Å². The number of carbonyl (C=O) groups is 1. The van der Waals surface area contributed by atoms with Crippen LogP contribution < -0.4 is 21.9 Å². The lowest BCUT2D eigenvalue weighted by Crippen LogP contribution is -2.38. The van der Waals surface area contributed by atoms with E-state index < -0.39 is 17.0 Å². The SMILES string of the molecule is CCn1c(N)c(C(=O)CN(C)c2ccc(F)cc2)c(=O)[nH]c1=O. The number of aromatic nitrogens is 2. The first-order valence-corrected chi connectivity index (χ1v) is 6.97. The number of Topliss-reactive ketones (excluding diaryl/α,β-unsaturated/α-hetero) is 1. The van der Waals surface area contributed by atoms with Gasteiger partial charge in [-0.25, -0.2) is 9.18 Å². The Balaban J connectivity index is 2.33. The Morgan fingerprint density at radius 1 is 1.30 bits per heavy atom. The van der Waals surface area contributed by atoms with Crippen molar-refractivity contribution in [2.45, 2.75) is 13.5 Å². The number of hydrogen-bond acceptors (Lipinski definition) is 5. The minimum atomic E-state index is -0.810. The zero-order chi connectivity index (χ0) is 17.1. The van der Waals surface area contributed by atoms with E-state index in [1.54, 1.807) is 18.9 Å². The summed E-state index contributed by atoms with van der Waals surface area (Å²) in [6.45, 7) is 1.77. The van der Waals surface area contributed by atoms with E-state index in [9.17, 15) is 18.8 Å². The van der Waals surface area contributed by atoms with Gasteiger partial charge in [-0.2, -0.15) is 0 Å². The van der Waals surface area contributed by atoms with Crippen LogP contribution in [0.25, 0.3) is 0 Å². The molecule has 1 aromatic heterocycles. The van der Waals surface area contributed by atoms with Crippen LogP contribution in [0, 0.1) is 5.82 Å². The average molecular weight is 320 g/mol. The lowest BCUT2D eigenvalue weighted by Gasteiger charge is -2.19. The highest BCUT2D eigenvalue weighted by Crippen LogP contribution is 2.14. The summed E-state index contributed by atoms with van der Waals surface area (Å²) in [4.78, 5) is 39.5. The number of nitrogens with zero attached hydrogens (tertiary/aromatic N) is 2. The number of H-pyrrole nitrogens is 1. The highest BCUT2D eigenvalue weighted by Gasteiger charge is 2.20. The molecule has 2 aromatic rings. The Kier molecular flexibility index (Phi) is 4.63. The normalized spacial score (nSPS) is 10.6. The predicted molar refractivity (Wildman–Crippen MR) is 85.4 cm³/mol. The molecule has 2 rings (SSSR count). The number of nitrogens with one attached hydrogen (secondary N) is 1. The third-order valence-electron chi connectivity index (χ3n) is 3.48. The highest BCUT2D eigenvalue weighted by molar-refractivity contribution is 6.02. The summed E-state index contributed by atoms with van der Waals surface area (Å²) in [6, 6.07) is 5.58. The molecule has 0 amide bonds. The number of nitrogen functional groups attached to an aromatic ring is 1. The van der Waals surface area contributed by atoms with E-state index in [1.165, 1.54) is 24.3 Å². The van der Waals surface area contributed by atoms with E-state index in [2.05, 4.69) is 4.98 Å². The van der Waals surface area contributed by atoms with Crippen LogP contribution in [-0.2, 0) is 6.54 Å². The van der Waals surface area contributed by atoms with Gasteiger partial charge in [0.25, 0.3) is 5.56 Å². The summed E-state index contributed by atoms with van der Waals surface area (Å²) in [6.07, 6.45) is 0. The molecular formula is C15H17FN4O3. The Bertz CT molecular complexity index is 839. The number of likely N-dealkylation sites (N-methyl/N-ethyl adjacent to an activating group) is 1. The minimum Gasteiger partial charge on any atom is -0.384 e. The summed E-state index contributed by atoms with van der Waals surface area (Å²) in [5.41, 5.74) is 4.68. The molecule has 122 valence electrons. The first kappa shape index (κ1) is 16.5. The van der Waals surface area contributed by atoms with Crippen molar-refractivity contribution in [2.75, 3.05) is 24.2 Å². The molecule has 0 saturated carbocycles. The van der Waals surface area contributed by atoms with Crippen molar-refractivity contribution in [1.82, 2.24) is 9.55 Å². The number of nitrogens with two attached hydrogens (primary N) is 1. The molecule has 0 aliphatic heterocycles. The molecule has 0 aliphatic carbocycles. The molecule has 0 radical (unpaired) electrons. The molecule has 1 heterocycles. The van der Waals surface area contributed by atoms with Crippen LogP contribution in [-0.4, -0.2) is 28.9 Å². The molecular weight excluding hydrogens is 303 g/mol. The molecule has 0 atom stereocenters. The molecule has 0 aliphatic rings. The zero-order valence-electron chi connectivity index (χ0n) is 12.8. The van der Waals surface area contributed by atoms with E-state index in [0.29, 0.717) is 5.69 Å². The van der Waals surface area contributed by atoms with Gasteiger partial charge in [0.15, 0.2) is 5.78 Å². The lowest BCUT2D eigenvalue weighted by atomic mass is 10.1. The van der Waals surface area contributed by atoms with Crippen molar-refractivity contribution in [1.29, 1.82) is 0 Å². The van der Waals surface area contributed by atoms with E-state index >= 15 is 0 Å². The molecule has 0 unspecified atom stereocenters. The van der Waals surface area contributed by atoms with Gasteiger partial charge in [-0.1, -0.05) is 0 Å². The van der Waals surface area contributed by atoms with Gasteiger partial charge in [0.2, 0.25) is 0 Å². The van der Waals surface area contributed by atoms with Crippen LogP contribution in [0.3, 0.4) is 0 Å².